The highest BCUT2D eigenvalue weighted by Gasteiger charge is 2.19. The molecule has 1 aliphatic carbocycles. The summed E-state index contributed by atoms with van der Waals surface area (Å²) < 4.78 is 2.11. The van der Waals surface area contributed by atoms with Gasteiger partial charge in [-0.2, -0.15) is 0 Å². The van der Waals surface area contributed by atoms with Crippen molar-refractivity contribution in [3.05, 3.63) is 24.5 Å². The third kappa shape index (κ3) is 3.12. The van der Waals surface area contributed by atoms with E-state index in [1.807, 2.05) is 13.0 Å². The summed E-state index contributed by atoms with van der Waals surface area (Å²) in [4.78, 5) is 4.47. The Hall–Kier alpha value is -1.25. The minimum Gasteiger partial charge on any atom is -0.356 e. The molecule has 1 saturated carbocycles. The average Bonchev–Trinajstić information content (AvgIpc) is 3.00. The van der Waals surface area contributed by atoms with Crippen LogP contribution in [-0.2, 0) is 6.54 Å². The molecule has 0 bridgehead atoms. The summed E-state index contributed by atoms with van der Waals surface area (Å²) in [6.45, 7) is 7.64. The zero-order valence-corrected chi connectivity index (χ0v) is 10.1. The van der Waals surface area contributed by atoms with Crippen LogP contribution in [0.1, 0.15) is 31.4 Å². The lowest BCUT2D eigenvalue weighted by Crippen LogP contribution is -2.08. The Morgan fingerprint density at radius 1 is 1.62 bits per heavy atom. The summed E-state index contributed by atoms with van der Waals surface area (Å²) in [5.74, 6) is 2.00. The Kier molecular flexibility index (Phi) is 3.65. The van der Waals surface area contributed by atoms with Crippen LogP contribution >= 0.6 is 0 Å². The van der Waals surface area contributed by atoms with Crippen molar-refractivity contribution in [2.75, 3.05) is 11.9 Å². The molecule has 0 spiro atoms. The van der Waals surface area contributed by atoms with E-state index in [0.717, 1.165) is 30.6 Å². The predicted octanol–water partition coefficient (Wildman–Crippen LogP) is 2.98. The molecule has 0 atom stereocenters. The first-order valence-corrected chi connectivity index (χ1v) is 6.18. The molecule has 3 heteroatoms. The van der Waals surface area contributed by atoms with Crippen LogP contribution in [0.4, 0.5) is 5.95 Å². The molecular formula is C13H21N3. The number of hydrogen-bond donors (Lipinski definition) is 1. The van der Waals surface area contributed by atoms with E-state index in [1.54, 1.807) is 0 Å². The molecule has 0 saturated heterocycles. The van der Waals surface area contributed by atoms with Crippen molar-refractivity contribution in [1.82, 2.24) is 9.55 Å². The van der Waals surface area contributed by atoms with Gasteiger partial charge < -0.3 is 9.88 Å². The number of hydrogen-bond acceptors (Lipinski definition) is 2. The molecular weight excluding hydrogens is 198 g/mol. The van der Waals surface area contributed by atoms with Crippen molar-refractivity contribution in [1.29, 1.82) is 0 Å². The van der Waals surface area contributed by atoms with Gasteiger partial charge >= 0.3 is 0 Å². The van der Waals surface area contributed by atoms with E-state index in [4.69, 9.17) is 0 Å². The van der Waals surface area contributed by atoms with Gasteiger partial charge in [0.05, 0.1) is 5.69 Å². The number of rotatable bonds is 7. The first-order chi connectivity index (χ1) is 7.79. The molecule has 1 N–H and O–H groups in total. The van der Waals surface area contributed by atoms with E-state index in [0.29, 0.717) is 0 Å². The Morgan fingerprint density at radius 2 is 2.44 bits per heavy atom. The van der Waals surface area contributed by atoms with Crippen molar-refractivity contribution in [3.63, 3.8) is 0 Å². The molecule has 0 amide bonds. The fourth-order valence-electron chi connectivity index (χ4n) is 1.96. The van der Waals surface area contributed by atoms with E-state index < -0.39 is 0 Å². The molecule has 0 aromatic carbocycles. The largest absolute Gasteiger partial charge is 0.356 e. The van der Waals surface area contributed by atoms with Gasteiger partial charge in [0.15, 0.2) is 0 Å². The van der Waals surface area contributed by atoms with E-state index in [-0.39, 0.29) is 0 Å². The van der Waals surface area contributed by atoms with E-state index in [9.17, 15) is 0 Å². The van der Waals surface area contributed by atoms with Crippen LogP contribution in [0, 0.1) is 12.8 Å². The molecule has 1 aliphatic rings. The Balaban J connectivity index is 1.79. The summed E-state index contributed by atoms with van der Waals surface area (Å²) in [6, 6.07) is 0. The SMILES string of the molecule is C=CCn1cc(C)nc1NCCCC1CC1. The van der Waals surface area contributed by atoms with E-state index >= 15 is 0 Å². The van der Waals surface area contributed by atoms with Gasteiger partial charge in [-0.3, -0.25) is 0 Å². The zero-order valence-electron chi connectivity index (χ0n) is 10.1. The molecule has 16 heavy (non-hydrogen) atoms. The molecule has 3 nitrogen and oxygen atoms in total. The monoisotopic (exact) mass is 219 g/mol. The first kappa shape index (κ1) is 11.2. The molecule has 2 rings (SSSR count). The van der Waals surface area contributed by atoms with Gasteiger partial charge in [-0.25, -0.2) is 4.98 Å². The van der Waals surface area contributed by atoms with Gasteiger partial charge in [0.1, 0.15) is 0 Å². The quantitative estimate of drug-likeness (QED) is 0.564. The highest BCUT2D eigenvalue weighted by atomic mass is 15.2. The van der Waals surface area contributed by atoms with Gasteiger partial charge in [-0.05, 0) is 25.7 Å². The Bertz CT molecular complexity index is 350. The second kappa shape index (κ2) is 5.19. The van der Waals surface area contributed by atoms with Gasteiger partial charge in [0.25, 0.3) is 0 Å². The van der Waals surface area contributed by atoms with Crippen LogP contribution in [0.3, 0.4) is 0 Å². The molecule has 1 heterocycles. The topological polar surface area (TPSA) is 29.9 Å². The minimum absolute atomic E-state index is 0.825. The van der Waals surface area contributed by atoms with Crippen molar-refractivity contribution < 1.29 is 0 Å². The average molecular weight is 219 g/mol. The molecule has 1 aromatic heterocycles. The van der Waals surface area contributed by atoms with Crippen LogP contribution < -0.4 is 5.32 Å². The van der Waals surface area contributed by atoms with Crippen LogP contribution in [0.5, 0.6) is 0 Å². The van der Waals surface area contributed by atoms with Crippen LogP contribution in [0.15, 0.2) is 18.9 Å². The maximum atomic E-state index is 4.47. The Morgan fingerprint density at radius 3 is 3.12 bits per heavy atom. The summed E-state index contributed by atoms with van der Waals surface area (Å²) in [5.41, 5.74) is 1.06. The Labute approximate surface area is 97.6 Å². The maximum Gasteiger partial charge on any atom is 0.203 e. The van der Waals surface area contributed by atoms with Crippen LogP contribution in [0.2, 0.25) is 0 Å². The lowest BCUT2D eigenvalue weighted by molar-refractivity contribution is 0.682. The van der Waals surface area contributed by atoms with Crippen molar-refractivity contribution in [2.45, 2.75) is 39.2 Å². The fraction of sp³-hybridized carbons (Fsp3) is 0.615. The van der Waals surface area contributed by atoms with Crippen molar-refractivity contribution in [2.24, 2.45) is 5.92 Å². The molecule has 0 aliphatic heterocycles. The van der Waals surface area contributed by atoms with E-state index in [1.165, 1.54) is 25.7 Å². The third-order valence-electron chi connectivity index (χ3n) is 2.99. The number of aromatic nitrogens is 2. The number of aryl methyl sites for hydroxylation is 1. The molecule has 1 aromatic rings. The maximum absolute atomic E-state index is 4.47. The summed E-state index contributed by atoms with van der Waals surface area (Å²) in [7, 11) is 0. The van der Waals surface area contributed by atoms with Crippen LogP contribution in [0.25, 0.3) is 0 Å². The lowest BCUT2D eigenvalue weighted by Gasteiger charge is -2.07. The zero-order chi connectivity index (χ0) is 11.4. The highest BCUT2D eigenvalue weighted by Crippen LogP contribution is 2.33. The first-order valence-electron chi connectivity index (χ1n) is 6.18. The van der Waals surface area contributed by atoms with Gasteiger partial charge in [-0.1, -0.05) is 18.9 Å². The number of nitrogens with zero attached hydrogens (tertiary/aromatic N) is 2. The van der Waals surface area contributed by atoms with Crippen molar-refractivity contribution in [3.8, 4) is 0 Å². The predicted molar refractivity (Wildman–Crippen MR) is 67.6 cm³/mol. The lowest BCUT2D eigenvalue weighted by atomic mass is 10.2. The fourth-order valence-corrected chi connectivity index (χ4v) is 1.96. The standard InChI is InChI=1S/C13H21N3/c1-3-9-16-10-11(2)15-13(16)14-8-4-5-12-6-7-12/h3,10,12H,1,4-9H2,2H3,(H,14,15). The number of anilines is 1. The normalized spacial score (nSPS) is 15.1. The van der Waals surface area contributed by atoms with Gasteiger partial charge in [0.2, 0.25) is 5.95 Å². The highest BCUT2D eigenvalue weighted by molar-refractivity contribution is 5.28. The molecule has 88 valence electrons. The minimum atomic E-state index is 0.825. The second-order valence-electron chi connectivity index (χ2n) is 4.66. The number of allylic oxidation sites excluding steroid dienone is 1. The summed E-state index contributed by atoms with van der Waals surface area (Å²) in [6.07, 6.45) is 9.48. The summed E-state index contributed by atoms with van der Waals surface area (Å²) >= 11 is 0. The smallest absolute Gasteiger partial charge is 0.203 e. The van der Waals surface area contributed by atoms with Gasteiger partial charge in [0, 0.05) is 19.3 Å². The summed E-state index contributed by atoms with van der Waals surface area (Å²) in [5, 5.41) is 3.41. The third-order valence-corrected chi connectivity index (χ3v) is 2.99. The molecule has 0 radical (unpaired) electrons. The van der Waals surface area contributed by atoms with E-state index in [2.05, 4.69) is 27.6 Å². The number of nitrogens with one attached hydrogen (secondary N) is 1. The molecule has 1 fully saturated rings. The van der Waals surface area contributed by atoms with Crippen molar-refractivity contribution >= 4 is 5.95 Å². The van der Waals surface area contributed by atoms with Crippen LogP contribution in [-0.4, -0.2) is 16.1 Å². The van der Waals surface area contributed by atoms with Gasteiger partial charge in [-0.15, -0.1) is 6.58 Å². The molecule has 0 unspecified atom stereocenters. The number of imidazole rings is 1. The second-order valence-corrected chi connectivity index (χ2v) is 4.66.